The molecule has 0 saturated heterocycles. The van der Waals surface area contributed by atoms with Gasteiger partial charge in [-0.2, -0.15) is 0 Å². The van der Waals surface area contributed by atoms with Gasteiger partial charge in [0.1, 0.15) is 0 Å². The van der Waals surface area contributed by atoms with Gasteiger partial charge in [0.2, 0.25) is 0 Å². The summed E-state index contributed by atoms with van der Waals surface area (Å²) < 4.78 is 2.55. The molecule has 46 heavy (non-hydrogen) atoms. The largest absolute Gasteiger partial charge is 0.310 e. The van der Waals surface area contributed by atoms with Gasteiger partial charge >= 0.3 is 0 Å². The number of benzene rings is 7. The van der Waals surface area contributed by atoms with Crippen LogP contribution in [0, 0.1) is 0 Å². The van der Waals surface area contributed by atoms with E-state index in [9.17, 15) is 0 Å². The number of rotatable bonds is 5. The lowest BCUT2D eigenvalue weighted by Crippen LogP contribution is -2.09. The van der Waals surface area contributed by atoms with Crippen molar-refractivity contribution in [2.75, 3.05) is 4.90 Å². The third-order valence-electron chi connectivity index (χ3n) is 8.88. The Kier molecular flexibility index (Phi) is 6.36. The molecule has 0 bridgehead atoms. The van der Waals surface area contributed by atoms with E-state index in [0.29, 0.717) is 0 Å². The molecule has 0 fully saturated rings. The first-order valence-electron chi connectivity index (χ1n) is 15.5. The van der Waals surface area contributed by atoms with Gasteiger partial charge in [-0.25, -0.2) is 0 Å². The SMILES string of the molecule is c1ccc(-c2ccc(N(c3ccc(-c4ccc5ccccc5c4)cc3)c3ccc4c(c3)sc3cc5cccnc5cc34)cc2)cc1. The van der Waals surface area contributed by atoms with E-state index in [4.69, 9.17) is 0 Å². The zero-order valence-electron chi connectivity index (χ0n) is 25.0. The normalized spacial score (nSPS) is 11.5. The molecule has 0 unspecified atom stereocenters. The average molecular weight is 605 g/mol. The molecular formula is C43H28N2S. The van der Waals surface area contributed by atoms with Crippen LogP contribution in [0.25, 0.3) is 64.1 Å². The molecule has 2 heterocycles. The van der Waals surface area contributed by atoms with Crippen molar-refractivity contribution in [1.29, 1.82) is 0 Å². The van der Waals surface area contributed by atoms with Gasteiger partial charge in [-0.15, -0.1) is 11.3 Å². The summed E-state index contributed by atoms with van der Waals surface area (Å²) in [6, 6.07) is 59.1. The molecule has 2 nitrogen and oxygen atoms in total. The Morgan fingerprint density at radius 2 is 1.00 bits per heavy atom. The van der Waals surface area contributed by atoms with Crippen molar-refractivity contribution in [3.8, 4) is 22.3 Å². The van der Waals surface area contributed by atoms with E-state index in [1.807, 2.05) is 23.6 Å². The summed E-state index contributed by atoms with van der Waals surface area (Å²) in [4.78, 5) is 6.97. The maximum absolute atomic E-state index is 4.61. The molecule has 0 radical (unpaired) electrons. The molecule has 0 N–H and O–H groups in total. The molecule has 0 aliphatic heterocycles. The second kappa shape index (κ2) is 11.0. The molecule has 0 amide bonds. The first kappa shape index (κ1) is 26.6. The van der Waals surface area contributed by atoms with Crippen LogP contribution in [0.2, 0.25) is 0 Å². The number of thiophene rings is 1. The second-order valence-corrected chi connectivity index (χ2v) is 12.8. The van der Waals surface area contributed by atoms with Gasteiger partial charge in [-0.3, -0.25) is 4.98 Å². The van der Waals surface area contributed by atoms with Gasteiger partial charge in [0.05, 0.1) is 5.52 Å². The summed E-state index contributed by atoms with van der Waals surface area (Å²) in [6.07, 6.45) is 1.87. The highest BCUT2D eigenvalue weighted by Gasteiger charge is 2.16. The quantitative estimate of drug-likeness (QED) is 0.194. The summed E-state index contributed by atoms with van der Waals surface area (Å²) in [5, 5.41) is 6.21. The predicted molar refractivity (Wildman–Crippen MR) is 198 cm³/mol. The molecule has 0 aliphatic rings. The summed E-state index contributed by atoms with van der Waals surface area (Å²) in [7, 11) is 0. The maximum atomic E-state index is 4.61. The number of aromatic nitrogens is 1. The van der Waals surface area contributed by atoms with Gasteiger partial charge in [-0.1, -0.05) is 103 Å². The average Bonchev–Trinajstić information content (AvgIpc) is 3.48. The van der Waals surface area contributed by atoms with Crippen molar-refractivity contribution in [3.05, 3.63) is 170 Å². The van der Waals surface area contributed by atoms with Crippen LogP contribution in [0.3, 0.4) is 0 Å². The fraction of sp³-hybridized carbons (Fsp3) is 0. The monoisotopic (exact) mass is 604 g/mol. The minimum Gasteiger partial charge on any atom is -0.310 e. The molecule has 216 valence electrons. The highest BCUT2D eigenvalue weighted by Crippen LogP contribution is 2.42. The molecule has 0 saturated carbocycles. The van der Waals surface area contributed by atoms with Crippen LogP contribution in [0.5, 0.6) is 0 Å². The van der Waals surface area contributed by atoms with Crippen LogP contribution in [-0.4, -0.2) is 4.98 Å². The minimum absolute atomic E-state index is 1.03. The van der Waals surface area contributed by atoms with E-state index in [1.54, 1.807) is 0 Å². The van der Waals surface area contributed by atoms with E-state index in [2.05, 4.69) is 168 Å². The lowest BCUT2D eigenvalue weighted by molar-refractivity contribution is 1.29. The summed E-state index contributed by atoms with van der Waals surface area (Å²) in [5.74, 6) is 0. The van der Waals surface area contributed by atoms with Crippen molar-refractivity contribution in [3.63, 3.8) is 0 Å². The molecule has 3 heteroatoms. The Morgan fingerprint density at radius 1 is 0.391 bits per heavy atom. The third-order valence-corrected chi connectivity index (χ3v) is 9.99. The van der Waals surface area contributed by atoms with Crippen molar-refractivity contribution in [2.45, 2.75) is 0 Å². The molecule has 9 rings (SSSR count). The van der Waals surface area contributed by atoms with Crippen LogP contribution in [0.15, 0.2) is 170 Å². The Morgan fingerprint density at radius 3 is 1.78 bits per heavy atom. The van der Waals surface area contributed by atoms with Gasteiger partial charge in [-0.05, 0) is 93.7 Å². The lowest BCUT2D eigenvalue weighted by Gasteiger charge is -2.26. The van der Waals surface area contributed by atoms with Gasteiger partial charge in [0.15, 0.2) is 0 Å². The number of nitrogens with zero attached hydrogens (tertiary/aromatic N) is 2. The zero-order valence-corrected chi connectivity index (χ0v) is 25.8. The second-order valence-electron chi connectivity index (χ2n) is 11.7. The molecule has 0 aliphatic carbocycles. The number of hydrogen-bond acceptors (Lipinski definition) is 3. The fourth-order valence-corrected chi connectivity index (χ4v) is 7.69. The van der Waals surface area contributed by atoms with E-state index < -0.39 is 0 Å². The summed E-state index contributed by atoms with van der Waals surface area (Å²) >= 11 is 1.84. The summed E-state index contributed by atoms with van der Waals surface area (Å²) in [6.45, 7) is 0. The van der Waals surface area contributed by atoms with E-state index >= 15 is 0 Å². The molecule has 7 aromatic carbocycles. The molecule has 2 aromatic heterocycles. The molecule has 0 spiro atoms. The van der Waals surface area contributed by atoms with Gasteiger partial charge < -0.3 is 4.90 Å². The van der Waals surface area contributed by atoms with Crippen LogP contribution >= 0.6 is 11.3 Å². The first-order valence-corrected chi connectivity index (χ1v) is 16.3. The van der Waals surface area contributed by atoms with E-state index in [-0.39, 0.29) is 0 Å². The Balaban J connectivity index is 1.15. The standard InChI is InChI=1S/C43H28N2S/c1-2-7-29(8-3-1)31-14-18-36(19-15-31)45(37-20-16-32(17-21-37)34-13-12-30-9-4-5-10-33(30)25-34)38-22-23-39-40-28-41-35(11-6-24-44-41)26-42(40)46-43(39)27-38/h1-28H. The van der Waals surface area contributed by atoms with Gasteiger partial charge in [0.25, 0.3) is 0 Å². The van der Waals surface area contributed by atoms with E-state index in [0.717, 1.165) is 22.6 Å². The van der Waals surface area contributed by atoms with Gasteiger partial charge in [0, 0.05) is 48.8 Å². The molecular weight excluding hydrogens is 577 g/mol. The third kappa shape index (κ3) is 4.70. The van der Waals surface area contributed by atoms with Crippen LogP contribution in [-0.2, 0) is 0 Å². The minimum atomic E-state index is 1.03. The van der Waals surface area contributed by atoms with Crippen LogP contribution in [0.1, 0.15) is 0 Å². The number of anilines is 3. The molecule has 0 atom stereocenters. The maximum Gasteiger partial charge on any atom is 0.0709 e. The van der Waals surface area contributed by atoms with Crippen LogP contribution in [0.4, 0.5) is 17.1 Å². The van der Waals surface area contributed by atoms with Crippen molar-refractivity contribution < 1.29 is 0 Å². The first-order chi connectivity index (χ1) is 22.8. The van der Waals surface area contributed by atoms with Crippen molar-refractivity contribution in [1.82, 2.24) is 4.98 Å². The zero-order chi connectivity index (χ0) is 30.5. The highest BCUT2D eigenvalue weighted by molar-refractivity contribution is 7.25. The predicted octanol–water partition coefficient (Wildman–Crippen LogP) is 12.6. The van der Waals surface area contributed by atoms with Crippen LogP contribution < -0.4 is 4.90 Å². The number of hydrogen-bond donors (Lipinski definition) is 0. The van der Waals surface area contributed by atoms with Crippen molar-refractivity contribution in [2.24, 2.45) is 0 Å². The lowest BCUT2D eigenvalue weighted by atomic mass is 10.0. The van der Waals surface area contributed by atoms with E-state index in [1.165, 1.54) is 58.6 Å². The molecule has 9 aromatic rings. The smallest absolute Gasteiger partial charge is 0.0709 e. The summed E-state index contributed by atoms with van der Waals surface area (Å²) in [5.41, 5.74) is 9.25. The Bertz CT molecular complexity index is 2510. The highest BCUT2D eigenvalue weighted by atomic mass is 32.1. The Hall–Kier alpha value is -5.77. The topological polar surface area (TPSA) is 16.1 Å². The number of fused-ring (bicyclic) bond motifs is 5. The Labute approximate surface area is 271 Å². The fourth-order valence-electron chi connectivity index (χ4n) is 6.52. The van der Waals surface area contributed by atoms with Crippen molar-refractivity contribution >= 4 is 70.2 Å². The number of pyridine rings is 1.